The number of carbonyl (C=O) groups is 3. The predicted octanol–water partition coefficient (Wildman–Crippen LogP) is 3.93. The average molecular weight is 797 g/mol. The number of amides is 3. The SMILES string of the molecule is CCC(C)C(NC(=O)[C@H](C(C)C)[C@@H](O)[C@H](O)[C@H](CC1CCCCC1)NC(=O)c1ncccc1OCCOCCOCCOC)C(=O)NCc1nc2ccccc2[nH]1. The number of aromatic nitrogens is 3. The molecule has 0 bridgehead atoms. The lowest BCUT2D eigenvalue weighted by atomic mass is 9.79. The van der Waals surface area contributed by atoms with Gasteiger partial charge in [0.15, 0.2) is 11.4 Å². The van der Waals surface area contributed by atoms with Gasteiger partial charge < -0.3 is 50.1 Å². The Kier molecular flexibility index (Phi) is 19.1. The topological polar surface area (TPSA) is 206 Å². The number of para-hydroxylation sites is 2. The zero-order valence-electron chi connectivity index (χ0n) is 34.2. The van der Waals surface area contributed by atoms with Gasteiger partial charge in [0.2, 0.25) is 11.8 Å². The second-order valence-corrected chi connectivity index (χ2v) is 15.3. The summed E-state index contributed by atoms with van der Waals surface area (Å²) < 4.78 is 21.8. The van der Waals surface area contributed by atoms with Crippen molar-refractivity contribution < 1.29 is 43.5 Å². The van der Waals surface area contributed by atoms with Crippen molar-refractivity contribution in [3.63, 3.8) is 0 Å². The summed E-state index contributed by atoms with van der Waals surface area (Å²) in [5, 5.41) is 32.4. The summed E-state index contributed by atoms with van der Waals surface area (Å²) >= 11 is 0. The van der Waals surface area contributed by atoms with Crippen LogP contribution < -0.4 is 20.7 Å². The Labute approximate surface area is 336 Å². The van der Waals surface area contributed by atoms with E-state index in [9.17, 15) is 24.6 Å². The Morgan fingerprint density at radius 2 is 1.58 bits per heavy atom. The molecule has 2 heterocycles. The average Bonchev–Trinajstić information content (AvgIpc) is 3.64. The van der Waals surface area contributed by atoms with E-state index in [1.54, 1.807) is 33.1 Å². The van der Waals surface area contributed by atoms with Gasteiger partial charge in [0.05, 0.1) is 68.7 Å². The van der Waals surface area contributed by atoms with Gasteiger partial charge >= 0.3 is 0 Å². The molecule has 1 aliphatic rings. The maximum atomic E-state index is 14.1. The van der Waals surface area contributed by atoms with Crippen molar-refractivity contribution in [3.05, 3.63) is 54.1 Å². The predicted molar refractivity (Wildman–Crippen MR) is 215 cm³/mol. The third kappa shape index (κ3) is 14.0. The number of rotatable bonds is 25. The van der Waals surface area contributed by atoms with Gasteiger partial charge in [-0.1, -0.05) is 78.4 Å². The number of methoxy groups -OCH3 is 1. The number of aromatic amines is 1. The molecule has 15 heteroatoms. The molecule has 316 valence electrons. The van der Waals surface area contributed by atoms with E-state index >= 15 is 0 Å². The van der Waals surface area contributed by atoms with E-state index in [1.807, 2.05) is 38.1 Å². The highest BCUT2D eigenvalue weighted by atomic mass is 16.6. The fourth-order valence-corrected chi connectivity index (χ4v) is 7.28. The first-order valence-corrected chi connectivity index (χ1v) is 20.4. The lowest BCUT2D eigenvalue weighted by Crippen LogP contribution is -2.57. The third-order valence-corrected chi connectivity index (χ3v) is 10.7. The van der Waals surface area contributed by atoms with Gasteiger partial charge in [0, 0.05) is 13.3 Å². The van der Waals surface area contributed by atoms with Crippen LogP contribution in [-0.2, 0) is 30.3 Å². The number of fused-ring (bicyclic) bond motifs is 1. The van der Waals surface area contributed by atoms with Gasteiger partial charge in [-0.15, -0.1) is 0 Å². The van der Waals surface area contributed by atoms with E-state index in [1.165, 1.54) is 6.20 Å². The molecule has 0 radical (unpaired) electrons. The number of aliphatic hydroxyl groups excluding tert-OH is 2. The zero-order valence-corrected chi connectivity index (χ0v) is 34.2. The van der Waals surface area contributed by atoms with Gasteiger partial charge in [-0.3, -0.25) is 14.4 Å². The molecule has 6 N–H and O–H groups in total. The first-order chi connectivity index (χ1) is 27.5. The van der Waals surface area contributed by atoms with Crippen molar-refractivity contribution in [2.45, 2.75) is 103 Å². The monoisotopic (exact) mass is 796 g/mol. The van der Waals surface area contributed by atoms with Crippen molar-refractivity contribution in [2.24, 2.45) is 23.7 Å². The summed E-state index contributed by atoms with van der Waals surface area (Å²) in [7, 11) is 1.61. The lowest BCUT2D eigenvalue weighted by molar-refractivity contribution is -0.140. The van der Waals surface area contributed by atoms with Crippen LogP contribution in [0, 0.1) is 23.7 Å². The number of hydrogen-bond donors (Lipinski definition) is 6. The van der Waals surface area contributed by atoms with Crippen LogP contribution in [0.4, 0.5) is 0 Å². The normalized spacial score (nSPS) is 16.7. The second-order valence-electron chi connectivity index (χ2n) is 15.3. The molecule has 0 spiro atoms. The molecule has 1 saturated carbocycles. The van der Waals surface area contributed by atoms with Gasteiger partial charge in [0.25, 0.3) is 5.91 Å². The molecule has 2 aromatic heterocycles. The molecule has 1 fully saturated rings. The molecule has 0 saturated heterocycles. The van der Waals surface area contributed by atoms with Crippen LogP contribution in [0.5, 0.6) is 5.75 Å². The minimum atomic E-state index is -1.56. The van der Waals surface area contributed by atoms with Gasteiger partial charge in [-0.25, -0.2) is 9.97 Å². The first kappa shape index (κ1) is 45.6. The van der Waals surface area contributed by atoms with E-state index in [2.05, 4.69) is 30.9 Å². The van der Waals surface area contributed by atoms with Gasteiger partial charge in [-0.05, 0) is 48.4 Å². The molecule has 1 aromatic carbocycles. The van der Waals surface area contributed by atoms with Crippen molar-refractivity contribution >= 4 is 28.8 Å². The summed E-state index contributed by atoms with van der Waals surface area (Å²) in [6, 6.07) is 9.05. The molecule has 15 nitrogen and oxygen atoms in total. The van der Waals surface area contributed by atoms with Crippen molar-refractivity contribution in [2.75, 3.05) is 46.8 Å². The van der Waals surface area contributed by atoms with Crippen LogP contribution >= 0.6 is 0 Å². The number of hydrogen-bond acceptors (Lipinski definition) is 11. The number of benzene rings is 1. The van der Waals surface area contributed by atoms with E-state index in [4.69, 9.17) is 18.9 Å². The third-order valence-electron chi connectivity index (χ3n) is 10.7. The van der Waals surface area contributed by atoms with Crippen LogP contribution in [-0.4, -0.2) is 114 Å². The lowest BCUT2D eigenvalue weighted by Gasteiger charge is -2.36. The number of nitrogens with one attached hydrogen (secondary N) is 4. The fourth-order valence-electron chi connectivity index (χ4n) is 7.28. The van der Waals surface area contributed by atoms with Crippen LogP contribution in [0.2, 0.25) is 0 Å². The number of nitrogens with zero attached hydrogens (tertiary/aromatic N) is 2. The van der Waals surface area contributed by atoms with E-state index < -0.39 is 47.9 Å². The molecule has 3 amide bonds. The van der Waals surface area contributed by atoms with Crippen molar-refractivity contribution in [3.8, 4) is 5.75 Å². The zero-order chi connectivity index (χ0) is 41.2. The maximum absolute atomic E-state index is 14.1. The summed E-state index contributed by atoms with van der Waals surface area (Å²) in [6.45, 7) is 9.71. The smallest absolute Gasteiger partial charge is 0.274 e. The Hall–Kier alpha value is -4.15. The number of H-pyrrole nitrogens is 1. The van der Waals surface area contributed by atoms with Crippen LogP contribution in [0.15, 0.2) is 42.6 Å². The number of imidazole rings is 1. The van der Waals surface area contributed by atoms with E-state index in [0.29, 0.717) is 45.1 Å². The number of pyridine rings is 1. The summed E-state index contributed by atoms with van der Waals surface area (Å²) in [6.07, 6.45) is 4.47. The first-order valence-electron chi connectivity index (χ1n) is 20.4. The molecular weight excluding hydrogens is 732 g/mol. The summed E-state index contributed by atoms with van der Waals surface area (Å²) in [5.41, 5.74) is 1.66. The number of ether oxygens (including phenoxy) is 4. The minimum absolute atomic E-state index is 0.0268. The highest BCUT2D eigenvalue weighted by molar-refractivity contribution is 5.95. The number of aliphatic hydroxyl groups is 2. The van der Waals surface area contributed by atoms with E-state index in [0.717, 1.165) is 43.1 Å². The molecule has 4 rings (SSSR count). The fraction of sp³-hybridized carbons (Fsp3) is 0.643. The molecule has 3 aromatic rings. The molecule has 0 aliphatic heterocycles. The molecule has 2 unspecified atom stereocenters. The van der Waals surface area contributed by atoms with E-state index in [-0.39, 0.29) is 48.9 Å². The summed E-state index contributed by atoms with van der Waals surface area (Å²) in [5.74, 6) is -2.25. The highest BCUT2D eigenvalue weighted by Crippen LogP contribution is 2.30. The Morgan fingerprint density at radius 3 is 2.26 bits per heavy atom. The summed E-state index contributed by atoms with van der Waals surface area (Å²) in [4.78, 5) is 53.5. The number of carbonyl (C=O) groups excluding carboxylic acids is 3. The Balaban J connectivity index is 1.43. The standard InChI is InChI=1S/C42H64N6O9/c1-6-28(4)36(41(52)44-26-34-45-30-15-10-11-16-31(30)46-34)48-40(51)35(27(2)3)39(50)38(49)32(25-29-13-8-7-9-14-29)47-42(53)37-33(17-12-18-43-37)57-24-23-56-22-21-55-20-19-54-5/h10-12,15-18,27-29,32,35-36,38-39,49-50H,6-9,13-14,19-26H2,1-5H3,(H,44,52)(H,45,46)(H,47,53)(H,48,51)/t28?,32-,35+,36?,38+,39+/m0/s1. The molecule has 6 atom stereocenters. The van der Waals surface area contributed by atoms with Crippen molar-refractivity contribution in [1.29, 1.82) is 0 Å². The Morgan fingerprint density at radius 1 is 0.877 bits per heavy atom. The van der Waals surface area contributed by atoms with Crippen LogP contribution in [0.1, 0.15) is 89.0 Å². The van der Waals surface area contributed by atoms with Gasteiger partial charge in [-0.2, -0.15) is 0 Å². The largest absolute Gasteiger partial charge is 0.489 e. The Bertz CT molecular complexity index is 1630. The van der Waals surface area contributed by atoms with Crippen LogP contribution in [0.3, 0.4) is 0 Å². The second kappa shape index (κ2) is 23.9. The molecule has 57 heavy (non-hydrogen) atoms. The maximum Gasteiger partial charge on any atom is 0.274 e. The van der Waals surface area contributed by atoms with Crippen LogP contribution in [0.25, 0.3) is 11.0 Å². The van der Waals surface area contributed by atoms with Gasteiger partial charge in [0.1, 0.15) is 24.6 Å². The van der Waals surface area contributed by atoms with Crippen molar-refractivity contribution in [1.82, 2.24) is 30.9 Å². The molecule has 1 aliphatic carbocycles. The molecular formula is C42H64N6O9. The minimum Gasteiger partial charge on any atom is -0.489 e. The quantitative estimate of drug-likeness (QED) is 0.0678. The highest BCUT2D eigenvalue weighted by Gasteiger charge is 2.41.